The number of pyridine rings is 2. The van der Waals surface area contributed by atoms with Crippen LogP contribution in [0.2, 0.25) is 0 Å². The zero-order valence-corrected chi connectivity index (χ0v) is 32.6. The van der Waals surface area contributed by atoms with Gasteiger partial charge in [0, 0.05) is 30.4 Å². The number of thiol groups is 1. The molecule has 0 saturated carbocycles. The highest BCUT2D eigenvalue weighted by atomic mass is 32.1. The summed E-state index contributed by atoms with van der Waals surface area (Å²) in [6.45, 7) is 12.0. The second-order valence-corrected chi connectivity index (χ2v) is 12.8. The van der Waals surface area contributed by atoms with Gasteiger partial charge >= 0.3 is 5.97 Å². The fourth-order valence-electron chi connectivity index (χ4n) is 3.61. The van der Waals surface area contributed by atoms with Crippen molar-refractivity contribution < 1.29 is 14.7 Å². The Morgan fingerprint density at radius 1 is 0.585 bits per heavy atom. The molecule has 53 heavy (non-hydrogen) atoms. The van der Waals surface area contributed by atoms with Gasteiger partial charge in [-0.3, -0.25) is 14.8 Å². The number of aromatic nitrogens is 2. The van der Waals surface area contributed by atoms with Gasteiger partial charge in [0.1, 0.15) is 0 Å². The minimum absolute atomic E-state index is 0.339. The number of carbonyl (C=O) groups excluding carboxylic acids is 1. The van der Waals surface area contributed by atoms with Crippen LogP contribution in [-0.2, 0) is 0 Å². The number of carboxylic acid groups (broad SMARTS) is 1. The van der Waals surface area contributed by atoms with Crippen LogP contribution in [0.4, 0.5) is 0 Å². The second kappa shape index (κ2) is 25.9. The number of carbonyl (C=O) groups is 2. The van der Waals surface area contributed by atoms with Crippen LogP contribution < -0.4 is 5.73 Å². The molecular weight excluding hydrogens is 697 g/mol. The SMILES string of the molecule is Cc1ccc(C#N)cc1.Cc1ccc(C(=O)O)cc1.Cc1ccc(C(=S)S)cc1.Cc1ccc(C(N)=O)cc1.Cc1cccnc1.Cc1ccncc1. The van der Waals surface area contributed by atoms with Crippen LogP contribution in [0, 0.1) is 52.9 Å². The smallest absolute Gasteiger partial charge is 0.335 e. The topological polar surface area (TPSA) is 130 Å². The average Bonchev–Trinajstić information content (AvgIpc) is 3.14. The molecule has 0 fully saturated rings. The normalized spacial score (nSPS) is 9.02. The summed E-state index contributed by atoms with van der Waals surface area (Å²) >= 11 is 8.92. The minimum Gasteiger partial charge on any atom is -0.478 e. The Morgan fingerprint density at radius 3 is 1.26 bits per heavy atom. The first-order valence-electron chi connectivity index (χ1n) is 16.4. The molecule has 0 saturated heterocycles. The molecule has 0 spiro atoms. The van der Waals surface area contributed by atoms with Crippen molar-refractivity contribution in [1.29, 1.82) is 5.26 Å². The van der Waals surface area contributed by atoms with Crippen LogP contribution in [0.25, 0.3) is 0 Å². The van der Waals surface area contributed by atoms with Crippen molar-refractivity contribution in [3.63, 3.8) is 0 Å². The van der Waals surface area contributed by atoms with Crippen LogP contribution in [0.5, 0.6) is 0 Å². The largest absolute Gasteiger partial charge is 0.478 e. The Bertz CT molecular complexity index is 1810. The number of carboxylic acids is 1. The highest BCUT2D eigenvalue weighted by Crippen LogP contribution is 2.06. The van der Waals surface area contributed by atoms with Gasteiger partial charge in [-0.05, 0) is 113 Å². The lowest BCUT2D eigenvalue weighted by Gasteiger charge is -1.95. The number of nitriles is 1. The number of aryl methyl sites for hydroxylation is 6. The van der Waals surface area contributed by atoms with Crippen LogP contribution in [0.3, 0.4) is 0 Å². The van der Waals surface area contributed by atoms with Gasteiger partial charge in [0.05, 0.1) is 21.4 Å². The number of aromatic carboxylic acids is 1. The van der Waals surface area contributed by atoms with Crippen molar-refractivity contribution >= 4 is 40.9 Å². The Hall–Kier alpha value is -5.95. The zero-order valence-electron chi connectivity index (χ0n) is 30.9. The maximum absolute atomic E-state index is 10.5. The predicted molar refractivity (Wildman–Crippen MR) is 224 cm³/mol. The number of hydrogen-bond donors (Lipinski definition) is 3. The fourth-order valence-corrected chi connectivity index (χ4v) is 3.90. The monoisotopic (exact) mass is 742 g/mol. The average molecular weight is 743 g/mol. The molecule has 0 radical (unpaired) electrons. The molecule has 0 unspecified atom stereocenters. The lowest BCUT2D eigenvalue weighted by molar-refractivity contribution is 0.0696. The van der Waals surface area contributed by atoms with Crippen molar-refractivity contribution in [3.8, 4) is 6.07 Å². The molecule has 7 nitrogen and oxygen atoms in total. The van der Waals surface area contributed by atoms with E-state index in [4.69, 9.17) is 28.3 Å². The standard InChI is InChI=1S/C8H9NO.C8H7N.C8H8O2.C8H8S2.2C6H7N/c1-6-2-4-7(5-3-6)8(9)10;1-7-2-4-8(6-9)5-3-7;2*1-6-2-4-7(5-3-6)8(9)10;1-6-2-4-7-5-3-6;1-6-3-2-4-7-5-6/h2-5H,1H3,(H2,9,10);2-5H,1H3;2*2-5H,1H3,(H,9,10);2*2-5H,1H3. The van der Waals surface area contributed by atoms with E-state index in [1.54, 1.807) is 55.0 Å². The first-order chi connectivity index (χ1) is 25.2. The highest BCUT2D eigenvalue weighted by Gasteiger charge is 1.99. The van der Waals surface area contributed by atoms with Gasteiger partial charge < -0.3 is 10.8 Å². The minimum atomic E-state index is -0.875. The van der Waals surface area contributed by atoms with E-state index in [0.717, 1.165) is 22.3 Å². The van der Waals surface area contributed by atoms with Gasteiger partial charge in [0.2, 0.25) is 5.91 Å². The molecule has 0 bridgehead atoms. The molecule has 4 aromatic carbocycles. The van der Waals surface area contributed by atoms with E-state index in [9.17, 15) is 9.59 Å². The van der Waals surface area contributed by atoms with Crippen LogP contribution in [0.1, 0.15) is 65.2 Å². The first-order valence-corrected chi connectivity index (χ1v) is 17.2. The van der Waals surface area contributed by atoms with Crippen molar-refractivity contribution in [3.05, 3.63) is 202 Å². The molecule has 9 heteroatoms. The zero-order chi connectivity index (χ0) is 39.6. The molecule has 3 N–H and O–H groups in total. The summed E-state index contributed by atoms with van der Waals surface area (Å²) in [7, 11) is 0. The highest BCUT2D eigenvalue weighted by molar-refractivity contribution is 8.11. The fraction of sp³-hybridized carbons (Fsp3) is 0.136. The lowest BCUT2D eigenvalue weighted by atomic mass is 10.1. The Morgan fingerprint density at radius 2 is 0.981 bits per heavy atom. The van der Waals surface area contributed by atoms with E-state index < -0.39 is 5.97 Å². The quantitative estimate of drug-likeness (QED) is 0.122. The number of nitrogens with zero attached hydrogens (tertiary/aromatic N) is 3. The summed E-state index contributed by atoms with van der Waals surface area (Å²) in [5, 5.41) is 16.9. The van der Waals surface area contributed by atoms with Gasteiger partial charge in [0.15, 0.2) is 0 Å². The van der Waals surface area contributed by atoms with E-state index >= 15 is 0 Å². The molecule has 0 aliphatic rings. The molecule has 0 aliphatic carbocycles. The Kier molecular flexibility index (Phi) is 22.0. The summed E-state index contributed by atoms with van der Waals surface area (Å²) in [6.07, 6.45) is 7.18. The Balaban J connectivity index is 0.000000320. The van der Waals surface area contributed by atoms with Crippen LogP contribution in [0.15, 0.2) is 146 Å². The Labute approximate surface area is 324 Å². The predicted octanol–water partition coefficient (Wildman–Crippen LogP) is 10.0. The number of rotatable bonds is 3. The molecular formula is C44H46N4O3S2. The summed E-state index contributed by atoms with van der Waals surface area (Å²) in [5.74, 6) is -1.25. The molecule has 2 heterocycles. The van der Waals surface area contributed by atoms with Crippen molar-refractivity contribution in [2.45, 2.75) is 41.5 Å². The third-order valence-electron chi connectivity index (χ3n) is 6.77. The van der Waals surface area contributed by atoms with Gasteiger partial charge in [-0.2, -0.15) is 5.26 Å². The summed E-state index contributed by atoms with van der Waals surface area (Å²) < 4.78 is 0.653. The van der Waals surface area contributed by atoms with E-state index in [-0.39, 0.29) is 5.91 Å². The van der Waals surface area contributed by atoms with Gasteiger partial charge in [-0.1, -0.05) is 101 Å². The molecule has 0 aliphatic heterocycles. The molecule has 1 amide bonds. The summed E-state index contributed by atoms with van der Waals surface area (Å²) in [6, 6.07) is 39.4. The van der Waals surface area contributed by atoms with E-state index in [1.807, 2.05) is 133 Å². The molecule has 6 rings (SSSR count). The molecule has 6 aromatic rings. The van der Waals surface area contributed by atoms with Crippen molar-refractivity contribution in [2.75, 3.05) is 0 Å². The maximum Gasteiger partial charge on any atom is 0.335 e. The summed E-state index contributed by atoms with van der Waals surface area (Å²) in [5.41, 5.74) is 14.8. The number of benzene rings is 4. The number of hydrogen-bond acceptors (Lipinski definition) is 6. The van der Waals surface area contributed by atoms with Crippen molar-refractivity contribution in [2.24, 2.45) is 5.73 Å². The second-order valence-electron chi connectivity index (χ2n) is 11.6. The summed E-state index contributed by atoms with van der Waals surface area (Å²) in [4.78, 5) is 28.6. The van der Waals surface area contributed by atoms with Gasteiger partial charge in [-0.25, -0.2) is 4.79 Å². The number of primary amides is 1. The van der Waals surface area contributed by atoms with E-state index in [0.29, 0.717) is 15.3 Å². The first kappa shape index (κ1) is 45.1. The van der Waals surface area contributed by atoms with E-state index in [1.165, 1.54) is 22.3 Å². The molecule has 2 aromatic heterocycles. The molecule has 0 atom stereocenters. The third kappa shape index (κ3) is 21.8. The number of thiocarbonyl (C=S) groups is 1. The molecule has 272 valence electrons. The van der Waals surface area contributed by atoms with Crippen LogP contribution in [-0.4, -0.2) is 31.1 Å². The lowest BCUT2D eigenvalue weighted by Crippen LogP contribution is -2.10. The van der Waals surface area contributed by atoms with Crippen molar-refractivity contribution in [1.82, 2.24) is 9.97 Å². The number of nitrogens with two attached hydrogens (primary N) is 1. The maximum atomic E-state index is 10.5. The van der Waals surface area contributed by atoms with Crippen LogP contribution >= 0.6 is 24.8 Å². The van der Waals surface area contributed by atoms with Gasteiger partial charge in [-0.15, -0.1) is 12.6 Å². The number of amides is 1. The van der Waals surface area contributed by atoms with E-state index in [2.05, 4.69) is 28.7 Å². The third-order valence-corrected chi connectivity index (χ3v) is 7.26. The van der Waals surface area contributed by atoms with Gasteiger partial charge in [0.25, 0.3) is 0 Å².